The summed E-state index contributed by atoms with van der Waals surface area (Å²) < 4.78 is 0. The van der Waals surface area contributed by atoms with Crippen LogP contribution in [0.3, 0.4) is 0 Å². The van der Waals surface area contributed by atoms with Crippen LogP contribution < -0.4 is 5.32 Å². The Balaban J connectivity index is 1.97. The van der Waals surface area contributed by atoms with Crippen LogP contribution in [0, 0.1) is 5.41 Å². The first-order valence-corrected chi connectivity index (χ1v) is 8.73. The van der Waals surface area contributed by atoms with Crippen molar-refractivity contribution in [1.29, 1.82) is 0 Å². The zero-order valence-electron chi connectivity index (χ0n) is 14.1. The number of nitrogens with zero attached hydrogens (tertiary/aromatic N) is 1. The fourth-order valence-electron chi connectivity index (χ4n) is 3.51. The summed E-state index contributed by atoms with van der Waals surface area (Å²) >= 11 is 0. The van der Waals surface area contributed by atoms with E-state index in [2.05, 4.69) is 55.3 Å². The first kappa shape index (κ1) is 16.5. The van der Waals surface area contributed by atoms with Crippen LogP contribution in [0.2, 0.25) is 0 Å². The molecule has 0 aromatic heterocycles. The minimum atomic E-state index is 0.579. The highest BCUT2D eigenvalue weighted by atomic mass is 15.2. The van der Waals surface area contributed by atoms with Gasteiger partial charge in [-0.3, -0.25) is 4.90 Å². The number of rotatable bonds is 8. The van der Waals surface area contributed by atoms with Crippen molar-refractivity contribution in [3.05, 3.63) is 35.4 Å². The lowest BCUT2D eigenvalue weighted by atomic mass is 9.82. The smallest absolute Gasteiger partial charge is 0.0237 e. The van der Waals surface area contributed by atoms with Gasteiger partial charge in [-0.2, -0.15) is 0 Å². The largest absolute Gasteiger partial charge is 0.313 e. The fourth-order valence-corrected chi connectivity index (χ4v) is 3.51. The Labute approximate surface area is 130 Å². The Morgan fingerprint density at radius 3 is 2.43 bits per heavy atom. The molecule has 1 saturated heterocycles. The molecule has 0 bridgehead atoms. The van der Waals surface area contributed by atoms with E-state index in [1.54, 1.807) is 0 Å². The molecule has 2 heteroatoms. The molecule has 0 radical (unpaired) electrons. The standard InChI is InChI=1S/C19H32N2/c1-4-12-20-14-17-9-7-8-10-18(17)15-21-13-11-19(5-2,6-3)16-21/h7-10,20H,4-6,11-16H2,1-3H3. The van der Waals surface area contributed by atoms with Crippen LogP contribution in [-0.2, 0) is 13.1 Å². The van der Waals surface area contributed by atoms with Gasteiger partial charge in [0.05, 0.1) is 0 Å². The molecule has 21 heavy (non-hydrogen) atoms. The summed E-state index contributed by atoms with van der Waals surface area (Å²) in [4.78, 5) is 2.66. The van der Waals surface area contributed by atoms with E-state index in [9.17, 15) is 0 Å². The topological polar surface area (TPSA) is 15.3 Å². The van der Waals surface area contributed by atoms with Crippen LogP contribution in [0.4, 0.5) is 0 Å². The predicted octanol–water partition coefficient (Wildman–Crippen LogP) is 4.20. The van der Waals surface area contributed by atoms with Gasteiger partial charge >= 0.3 is 0 Å². The Bertz CT molecular complexity index is 423. The second-order valence-corrected chi connectivity index (χ2v) is 6.61. The molecule has 1 aliphatic rings. The summed E-state index contributed by atoms with van der Waals surface area (Å²) in [6, 6.07) is 8.93. The Morgan fingerprint density at radius 1 is 1.10 bits per heavy atom. The monoisotopic (exact) mass is 288 g/mol. The average Bonchev–Trinajstić information content (AvgIpc) is 2.93. The van der Waals surface area contributed by atoms with Crippen LogP contribution in [0.1, 0.15) is 57.6 Å². The molecule has 0 atom stereocenters. The van der Waals surface area contributed by atoms with E-state index >= 15 is 0 Å². The van der Waals surface area contributed by atoms with E-state index in [1.165, 1.54) is 49.9 Å². The molecule has 1 fully saturated rings. The minimum Gasteiger partial charge on any atom is -0.313 e. The second-order valence-electron chi connectivity index (χ2n) is 6.61. The molecule has 2 rings (SSSR count). The quantitative estimate of drug-likeness (QED) is 0.721. The average molecular weight is 288 g/mol. The van der Waals surface area contributed by atoms with Crippen molar-refractivity contribution in [3.63, 3.8) is 0 Å². The first-order chi connectivity index (χ1) is 10.2. The predicted molar refractivity (Wildman–Crippen MR) is 91.3 cm³/mol. The van der Waals surface area contributed by atoms with Gasteiger partial charge in [0.2, 0.25) is 0 Å². The molecular formula is C19H32N2. The highest BCUT2D eigenvalue weighted by Crippen LogP contribution is 2.37. The Morgan fingerprint density at radius 2 is 1.81 bits per heavy atom. The summed E-state index contributed by atoms with van der Waals surface area (Å²) in [6.45, 7) is 12.7. The maximum Gasteiger partial charge on any atom is 0.0237 e. The van der Waals surface area contributed by atoms with Gasteiger partial charge in [-0.1, -0.05) is 45.0 Å². The van der Waals surface area contributed by atoms with Crippen LogP contribution in [0.25, 0.3) is 0 Å². The molecule has 1 aromatic rings. The van der Waals surface area contributed by atoms with Gasteiger partial charge in [-0.25, -0.2) is 0 Å². The van der Waals surface area contributed by atoms with Crippen LogP contribution >= 0.6 is 0 Å². The van der Waals surface area contributed by atoms with E-state index in [1.807, 2.05) is 0 Å². The summed E-state index contributed by atoms with van der Waals surface area (Å²) in [5, 5.41) is 3.54. The number of likely N-dealkylation sites (tertiary alicyclic amines) is 1. The molecule has 118 valence electrons. The number of benzene rings is 1. The Hall–Kier alpha value is -0.860. The third kappa shape index (κ3) is 4.31. The third-order valence-electron chi connectivity index (χ3n) is 5.27. The summed E-state index contributed by atoms with van der Waals surface area (Å²) in [5.74, 6) is 0. The summed E-state index contributed by atoms with van der Waals surface area (Å²) in [6.07, 6.45) is 5.21. The van der Waals surface area contributed by atoms with Crippen molar-refractivity contribution in [2.75, 3.05) is 19.6 Å². The zero-order chi connectivity index (χ0) is 15.1. The van der Waals surface area contributed by atoms with Gasteiger partial charge in [-0.05, 0) is 55.3 Å². The molecule has 0 saturated carbocycles. The zero-order valence-corrected chi connectivity index (χ0v) is 14.1. The van der Waals surface area contributed by atoms with Gasteiger partial charge < -0.3 is 5.32 Å². The van der Waals surface area contributed by atoms with Crippen LogP contribution in [0.5, 0.6) is 0 Å². The van der Waals surface area contributed by atoms with Crippen LogP contribution in [-0.4, -0.2) is 24.5 Å². The fraction of sp³-hybridized carbons (Fsp3) is 0.684. The van der Waals surface area contributed by atoms with Gasteiger partial charge in [0.1, 0.15) is 0 Å². The van der Waals surface area contributed by atoms with Crippen molar-refractivity contribution in [1.82, 2.24) is 10.2 Å². The van der Waals surface area contributed by atoms with Gasteiger partial charge in [0, 0.05) is 19.6 Å². The number of hydrogen-bond donors (Lipinski definition) is 1. The number of hydrogen-bond acceptors (Lipinski definition) is 2. The van der Waals surface area contributed by atoms with E-state index in [0.717, 1.165) is 19.6 Å². The van der Waals surface area contributed by atoms with Crippen molar-refractivity contribution in [2.24, 2.45) is 5.41 Å². The lowest BCUT2D eigenvalue weighted by Gasteiger charge is -2.27. The molecule has 0 spiro atoms. The molecule has 0 aliphatic carbocycles. The van der Waals surface area contributed by atoms with Gasteiger partial charge in [0.25, 0.3) is 0 Å². The van der Waals surface area contributed by atoms with E-state index in [4.69, 9.17) is 0 Å². The lowest BCUT2D eigenvalue weighted by molar-refractivity contribution is 0.236. The van der Waals surface area contributed by atoms with Crippen molar-refractivity contribution in [2.45, 2.75) is 59.5 Å². The second kappa shape index (κ2) is 7.95. The molecule has 0 amide bonds. The molecule has 1 heterocycles. The van der Waals surface area contributed by atoms with Gasteiger partial charge in [0.15, 0.2) is 0 Å². The SMILES string of the molecule is CCCNCc1ccccc1CN1CCC(CC)(CC)C1. The molecule has 1 aromatic carbocycles. The molecule has 2 nitrogen and oxygen atoms in total. The molecule has 1 aliphatic heterocycles. The van der Waals surface area contributed by atoms with E-state index < -0.39 is 0 Å². The highest BCUT2D eigenvalue weighted by molar-refractivity contribution is 5.27. The molecule has 1 N–H and O–H groups in total. The number of nitrogens with one attached hydrogen (secondary N) is 1. The van der Waals surface area contributed by atoms with Crippen molar-refractivity contribution in [3.8, 4) is 0 Å². The highest BCUT2D eigenvalue weighted by Gasteiger charge is 2.34. The summed E-state index contributed by atoms with van der Waals surface area (Å²) in [5.41, 5.74) is 3.55. The van der Waals surface area contributed by atoms with Gasteiger partial charge in [-0.15, -0.1) is 0 Å². The third-order valence-corrected chi connectivity index (χ3v) is 5.27. The summed E-state index contributed by atoms with van der Waals surface area (Å²) in [7, 11) is 0. The molecule has 0 unspecified atom stereocenters. The normalized spacial score (nSPS) is 18.2. The van der Waals surface area contributed by atoms with E-state index in [-0.39, 0.29) is 0 Å². The van der Waals surface area contributed by atoms with E-state index in [0.29, 0.717) is 5.41 Å². The maximum absolute atomic E-state index is 3.54. The Kier molecular flexibility index (Phi) is 6.25. The minimum absolute atomic E-state index is 0.579. The first-order valence-electron chi connectivity index (χ1n) is 8.73. The van der Waals surface area contributed by atoms with Crippen LogP contribution in [0.15, 0.2) is 24.3 Å². The van der Waals surface area contributed by atoms with Crippen molar-refractivity contribution >= 4 is 0 Å². The molecular weight excluding hydrogens is 256 g/mol. The maximum atomic E-state index is 3.54. The van der Waals surface area contributed by atoms with Crippen molar-refractivity contribution < 1.29 is 0 Å². The lowest BCUT2D eigenvalue weighted by Crippen LogP contribution is -2.26.